The summed E-state index contributed by atoms with van der Waals surface area (Å²) in [6, 6.07) is 3.67. The van der Waals surface area contributed by atoms with Gasteiger partial charge in [0.05, 0.1) is 6.20 Å². The molecule has 0 unspecified atom stereocenters. The molecule has 2 aromatic rings. The van der Waals surface area contributed by atoms with Crippen LogP contribution in [0, 0.1) is 0 Å². The van der Waals surface area contributed by atoms with Crippen LogP contribution < -0.4 is 0 Å². The average molecular weight is 205 g/mol. The van der Waals surface area contributed by atoms with E-state index in [-0.39, 0.29) is 5.75 Å². The molecule has 0 radical (unpaired) electrons. The molecule has 4 nitrogen and oxygen atoms in total. The zero-order chi connectivity index (χ0) is 10.8. The number of hydrogen-bond acceptors (Lipinski definition) is 3. The summed E-state index contributed by atoms with van der Waals surface area (Å²) in [5, 5.41) is 17.3. The van der Waals surface area contributed by atoms with E-state index in [0.717, 1.165) is 23.9 Å². The second kappa shape index (κ2) is 3.90. The molecular formula is C11H15N3O. The van der Waals surface area contributed by atoms with Gasteiger partial charge in [-0.2, -0.15) is 5.10 Å². The summed E-state index contributed by atoms with van der Waals surface area (Å²) in [5.74, 6) is 0.260. The number of aromatic hydroxyl groups is 1. The molecular weight excluding hydrogens is 190 g/mol. The molecule has 1 aromatic carbocycles. The molecule has 0 saturated heterocycles. The number of rotatable bonds is 3. The predicted molar refractivity (Wildman–Crippen MR) is 60.0 cm³/mol. The van der Waals surface area contributed by atoms with Gasteiger partial charge in [0.25, 0.3) is 0 Å². The number of aromatic amines is 1. The molecule has 0 saturated carbocycles. The number of fused-ring (bicyclic) bond motifs is 1. The summed E-state index contributed by atoms with van der Waals surface area (Å²) in [4.78, 5) is 2.14. The maximum absolute atomic E-state index is 9.58. The van der Waals surface area contributed by atoms with E-state index in [4.69, 9.17) is 0 Å². The van der Waals surface area contributed by atoms with E-state index in [2.05, 4.69) is 15.1 Å². The van der Waals surface area contributed by atoms with Crippen molar-refractivity contribution in [3.05, 3.63) is 23.9 Å². The molecule has 0 spiro atoms. The summed E-state index contributed by atoms with van der Waals surface area (Å²) in [5.41, 5.74) is 1.94. The van der Waals surface area contributed by atoms with Crippen molar-refractivity contribution in [2.75, 3.05) is 20.6 Å². The molecule has 1 aromatic heterocycles. The lowest BCUT2D eigenvalue weighted by atomic mass is 10.1. The Kier molecular flexibility index (Phi) is 2.60. The third-order valence-corrected chi connectivity index (χ3v) is 2.51. The van der Waals surface area contributed by atoms with Crippen molar-refractivity contribution in [1.82, 2.24) is 15.1 Å². The molecule has 2 N–H and O–H groups in total. The third kappa shape index (κ3) is 1.94. The van der Waals surface area contributed by atoms with Gasteiger partial charge in [-0.1, -0.05) is 6.07 Å². The Bertz CT molecular complexity index is 462. The van der Waals surface area contributed by atoms with Gasteiger partial charge in [0, 0.05) is 11.9 Å². The Morgan fingerprint density at radius 1 is 1.40 bits per heavy atom. The summed E-state index contributed by atoms with van der Waals surface area (Å²) >= 11 is 0. The minimum Gasteiger partial charge on any atom is -0.506 e. The quantitative estimate of drug-likeness (QED) is 0.795. The van der Waals surface area contributed by atoms with Gasteiger partial charge in [0.1, 0.15) is 11.3 Å². The number of benzene rings is 1. The highest BCUT2D eigenvalue weighted by atomic mass is 16.3. The van der Waals surface area contributed by atoms with Crippen LogP contribution in [0.4, 0.5) is 0 Å². The van der Waals surface area contributed by atoms with Crippen LogP contribution in [0.3, 0.4) is 0 Å². The van der Waals surface area contributed by atoms with Crippen LogP contribution >= 0.6 is 0 Å². The zero-order valence-corrected chi connectivity index (χ0v) is 8.99. The van der Waals surface area contributed by atoms with E-state index < -0.39 is 0 Å². The van der Waals surface area contributed by atoms with Gasteiger partial charge in [-0.05, 0) is 32.1 Å². The van der Waals surface area contributed by atoms with Crippen molar-refractivity contribution >= 4 is 10.9 Å². The number of aromatic nitrogens is 2. The first-order chi connectivity index (χ1) is 7.18. The number of H-pyrrole nitrogens is 1. The van der Waals surface area contributed by atoms with Gasteiger partial charge < -0.3 is 10.0 Å². The van der Waals surface area contributed by atoms with Crippen LogP contribution in [0.1, 0.15) is 5.56 Å². The molecule has 1 heterocycles. The van der Waals surface area contributed by atoms with Crippen LogP contribution in [-0.4, -0.2) is 40.8 Å². The fraction of sp³-hybridized carbons (Fsp3) is 0.364. The lowest BCUT2D eigenvalue weighted by Crippen LogP contribution is -2.15. The molecule has 4 heteroatoms. The van der Waals surface area contributed by atoms with Crippen molar-refractivity contribution in [3.63, 3.8) is 0 Å². The second-order valence-corrected chi connectivity index (χ2v) is 3.96. The normalized spacial score (nSPS) is 11.4. The standard InChI is InChI=1S/C11H15N3O/c1-14(2)6-5-8-3-4-10(15)11-9(8)7-12-13-11/h3-4,7,15H,5-6H2,1-2H3,(H,12,13). The van der Waals surface area contributed by atoms with Gasteiger partial charge in [0.15, 0.2) is 0 Å². The molecule has 0 fully saturated rings. The molecule has 0 aliphatic rings. The van der Waals surface area contributed by atoms with E-state index >= 15 is 0 Å². The van der Waals surface area contributed by atoms with E-state index in [0.29, 0.717) is 0 Å². The van der Waals surface area contributed by atoms with Crippen molar-refractivity contribution in [2.24, 2.45) is 0 Å². The highest BCUT2D eigenvalue weighted by molar-refractivity contribution is 5.86. The van der Waals surface area contributed by atoms with Gasteiger partial charge in [-0.25, -0.2) is 0 Å². The summed E-state index contributed by atoms with van der Waals surface area (Å²) in [6.45, 7) is 0.991. The van der Waals surface area contributed by atoms with E-state index in [1.165, 1.54) is 5.56 Å². The number of hydrogen-bond donors (Lipinski definition) is 2. The maximum atomic E-state index is 9.58. The van der Waals surface area contributed by atoms with Gasteiger partial charge in [-0.3, -0.25) is 5.10 Å². The highest BCUT2D eigenvalue weighted by Crippen LogP contribution is 2.25. The molecule has 0 aliphatic heterocycles. The Balaban J connectivity index is 2.35. The summed E-state index contributed by atoms with van der Waals surface area (Å²) in [7, 11) is 4.10. The van der Waals surface area contributed by atoms with E-state index in [9.17, 15) is 5.11 Å². The SMILES string of the molecule is CN(C)CCc1ccc(O)c2[nH]ncc12. The smallest absolute Gasteiger partial charge is 0.141 e. The topological polar surface area (TPSA) is 52.1 Å². The Labute approximate surface area is 88.5 Å². The fourth-order valence-corrected chi connectivity index (χ4v) is 1.64. The van der Waals surface area contributed by atoms with E-state index in [1.807, 2.05) is 20.2 Å². The second-order valence-electron chi connectivity index (χ2n) is 3.96. The van der Waals surface area contributed by atoms with Crippen molar-refractivity contribution in [2.45, 2.75) is 6.42 Å². The third-order valence-electron chi connectivity index (χ3n) is 2.51. The molecule has 0 bridgehead atoms. The highest BCUT2D eigenvalue weighted by Gasteiger charge is 2.06. The van der Waals surface area contributed by atoms with Crippen LogP contribution in [0.15, 0.2) is 18.3 Å². The molecule has 15 heavy (non-hydrogen) atoms. The number of phenols is 1. The first kappa shape index (κ1) is 9.98. The Morgan fingerprint density at radius 2 is 2.20 bits per heavy atom. The van der Waals surface area contributed by atoms with Crippen molar-refractivity contribution < 1.29 is 5.11 Å². The Hall–Kier alpha value is -1.55. The molecule has 0 amide bonds. The minimum atomic E-state index is 0.260. The molecule has 2 rings (SSSR count). The zero-order valence-electron chi connectivity index (χ0n) is 8.99. The number of nitrogens with one attached hydrogen (secondary N) is 1. The van der Waals surface area contributed by atoms with E-state index in [1.54, 1.807) is 12.3 Å². The lowest BCUT2D eigenvalue weighted by Gasteiger charge is -2.09. The monoisotopic (exact) mass is 205 g/mol. The summed E-state index contributed by atoms with van der Waals surface area (Å²) in [6.07, 6.45) is 2.73. The summed E-state index contributed by atoms with van der Waals surface area (Å²) < 4.78 is 0. The number of likely N-dealkylation sites (N-methyl/N-ethyl adjacent to an activating group) is 1. The van der Waals surface area contributed by atoms with Crippen LogP contribution in [-0.2, 0) is 6.42 Å². The predicted octanol–water partition coefficient (Wildman–Crippen LogP) is 1.37. The first-order valence-corrected chi connectivity index (χ1v) is 4.97. The van der Waals surface area contributed by atoms with Gasteiger partial charge in [0.2, 0.25) is 0 Å². The van der Waals surface area contributed by atoms with Gasteiger partial charge >= 0.3 is 0 Å². The first-order valence-electron chi connectivity index (χ1n) is 4.97. The molecule has 0 aliphatic carbocycles. The van der Waals surface area contributed by atoms with Gasteiger partial charge in [-0.15, -0.1) is 0 Å². The fourth-order valence-electron chi connectivity index (χ4n) is 1.64. The molecule has 0 atom stereocenters. The largest absolute Gasteiger partial charge is 0.506 e. The van der Waals surface area contributed by atoms with Crippen molar-refractivity contribution in [3.8, 4) is 5.75 Å². The molecule has 80 valence electrons. The Morgan fingerprint density at radius 3 is 2.93 bits per heavy atom. The van der Waals surface area contributed by atoms with Crippen LogP contribution in [0.2, 0.25) is 0 Å². The minimum absolute atomic E-state index is 0.260. The lowest BCUT2D eigenvalue weighted by molar-refractivity contribution is 0.414. The number of nitrogens with zero attached hydrogens (tertiary/aromatic N) is 2. The van der Waals surface area contributed by atoms with Crippen molar-refractivity contribution in [1.29, 1.82) is 0 Å². The maximum Gasteiger partial charge on any atom is 0.141 e. The average Bonchev–Trinajstić information content (AvgIpc) is 2.66. The number of phenolic OH excluding ortho intramolecular Hbond substituents is 1. The van der Waals surface area contributed by atoms with Crippen LogP contribution in [0.25, 0.3) is 10.9 Å². The van der Waals surface area contributed by atoms with Crippen LogP contribution in [0.5, 0.6) is 5.75 Å².